The van der Waals surface area contributed by atoms with E-state index in [4.69, 9.17) is 11.6 Å². The van der Waals surface area contributed by atoms with E-state index >= 15 is 0 Å². The summed E-state index contributed by atoms with van der Waals surface area (Å²) in [4.78, 5) is 23.1. The van der Waals surface area contributed by atoms with Crippen LogP contribution in [0.15, 0.2) is 65.7 Å². The first-order chi connectivity index (χ1) is 15.9. The zero-order valence-electron chi connectivity index (χ0n) is 17.6. The lowest BCUT2D eigenvalue weighted by Crippen LogP contribution is -2.38. The minimum atomic E-state index is -2.97. The Balaban J connectivity index is 1.40. The Morgan fingerprint density at radius 2 is 1.88 bits per heavy atom. The van der Waals surface area contributed by atoms with Gasteiger partial charge in [0.15, 0.2) is 0 Å². The lowest BCUT2D eigenvalue weighted by atomic mass is 10.2. The van der Waals surface area contributed by atoms with Crippen LogP contribution in [0.2, 0.25) is 5.15 Å². The summed E-state index contributed by atoms with van der Waals surface area (Å²) in [6, 6.07) is 13.4. The quantitative estimate of drug-likeness (QED) is 0.326. The maximum Gasteiger partial charge on any atom is 0.274 e. The summed E-state index contributed by atoms with van der Waals surface area (Å²) in [7, 11) is -2.97. The van der Waals surface area contributed by atoms with Gasteiger partial charge in [-0.25, -0.2) is 19.0 Å². The van der Waals surface area contributed by atoms with Crippen molar-refractivity contribution in [1.29, 1.82) is 0 Å². The van der Waals surface area contributed by atoms with Gasteiger partial charge in [-0.15, -0.1) is 0 Å². The Kier molecular flexibility index (Phi) is 5.72. The van der Waals surface area contributed by atoms with E-state index in [9.17, 15) is 13.8 Å². The normalized spacial score (nSPS) is 15.6. The van der Waals surface area contributed by atoms with Gasteiger partial charge < -0.3 is 9.46 Å². The Labute approximate surface area is 194 Å². The highest BCUT2D eigenvalue weighted by molar-refractivity contribution is 7.71. The molecule has 5 rings (SSSR count). The molecule has 0 radical (unpaired) electrons. The summed E-state index contributed by atoms with van der Waals surface area (Å²) in [5.41, 5.74) is 0.451. The average molecular weight is 484 g/mol. The predicted octanol–water partition coefficient (Wildman–Crippen LogP) is 3.54. The van der Waals surface area contributed by atoms with Crippen molar-refractivity contribution >= 4 is 40.8 Å². The van der Waals surface area contributed by atoms with Crippen LogP contribution in [0.4, 0.5) is 10.3 Å². The Morgan fingerprint density at radius 1 is 1.09 bits per heavy atom. The molecule has 0 atom stereocenters. The number of nitrogens with zero attached hydrogens (tertiary/aromatic N) is 5. The number of halogens is 2. The van der Waals surface area contributed by atoms with Crippen LogP contribution in [-0.2, 0) is 11.1 Å². The van der Waals surface area contributed by atoms with Crippen LogP contribution < -0.4 is 15.8 Å². The number of aromatic nitrogens is 4. The van der Waals surface area contributed by atoms with Crippen molar-refractivity contribution in [3.8, 4) is 0 Å². The Bertz CT molecular complexity index is 1450. The van der Waals surface area contributed by atoms with E-state index in [1.807, 2.05) is 17.0 Å². The Morgan fingerprint density at radius 3 is 2.67 bits per heavy atom. The monoisotopic (exact) mass is 483 g/mol. The second-order valence-electron chi connectivity index (χ2n) is 7.98. The standard InChI is InChI=1S/C23H20ClFN5O2P/c24-21-7-8-26-23(28-21)29-9-11-33(32,12-10-29)20-13-16(5-6-19(20)25)15-30-22(31)18-4-2-1-3-17(18)14-27-30/h1-8,13-14H,9-12,15H2. The van der Waals surface area contributed by atoms with Gasteiger partial charge >= 0.3 is 0 Å². The first-order valence-corrected chi connectivity index (χ1v) is 12.9. The molecule has 7 nitrogen and oxygen atoms in total. The highest BCUT2D eigenvalue weighted by Gasteiger charge is 2.33. The molecular formula is C23H20ClFN5O2P. The second-order valence-corrected chi connectivity index (χ2v) is 11.5. The van der Waals surface area contributed by atoms with Crippen LogP contribution in [-0.4, -0.2) is 45.2 Å². The number of hydrogen-bond acceptors (Lipinski definition) is 6. The molecule has 0 unspecified atom stereocenters. The zero-order valence-corrected chi connectivity index (χ0v) is 19.2. The fourth-order valence-corrected chi connectivity index (χ4v) is 6.92. The molecular weight excluding hydrogens is 464 g/mol. The van der Waals surface area contributed by atoms with Crippen molar-refractivity contribution in [3.05, 3.63) is 87.8 Å². The Hall–Kier alpha value is -3.09. The lowest BCUT2D eigenvalue weighted by Gasteiger charge is -2.32. The molecule has 168 valence electrons. The van der Waals surface area contributed by atoms with Crippen molar-refractivity contribution < 1.29 is 8.96 Å². The van der Waals surface area contributed by atoms with Crippen molar-refractivity contribution in [1.82, 2.24) is 19.7 Å². The second kappa shape index (κ2) is 8.69. The fraction of sp³-hybridized carbons (Fsp3) is 0.217. The van der Waals surface area contributed by atoms with Gasteiger partial charge in [-0.05, 0) is 29.8 Å². The molecule has 4 aromatic rings. The van der Waals surface area contributed by atoms with Gasteiger partial charge in [-0.3, -0.25) is 4.79 Å². The molecule has 1 aliphatic heterocycles. The summed E-state index contributed by atoms with van der Waals surface area (Å²) in [5, 5.41) is 6.14. The largest absolute Gasteiger partial charge is 0.340 e. The van der Waals surface area contributed by atoms with Crippen molar-refractivity contribution in [2.45, 2.75) is 6.54 Å². The van der Waals surface area contributed by atoms with Crippen LogP contribution >= 0.6 is 18.7 Å². The molecule has 2 aromatic heterocycles. The minimum Gasteiger partial charge on any atom is -0.340 e. The molecule has 33 heavy (non-hydrogen) atoms. The molecule has 0 N–H and O–H groups in total. The van der Waals surface area contributed by atoms with Crippen LogP contribution in [0.1, 0.15) is 5.56 Å². The zero-order chi connectivity index (χ0) is 23.0. The molecule has 1 fully saturated rings. The van der Waals surface area contributed by atoms with Gasteiger partial charge in [0.25, 0.3) is 5.56 Å². The SMILES string of the molecule is O=c1c2ccccc2cnn1Cc1ccc(F)c(P2(=O)CCN(c3nccc(Cl)n3)CC2)c1. The van der Waals surface area contributed by atoms with Crippen LogP contribution in [0.5, 0.6) is 0 Å². The average Bonchev–Trinajstić information content (AvgIpc) is 2.82. The van der Waals surface area contributed by atoms with Gasteiger partial charge in [-0.1, -0.05) is 35.9 Å². The molecule has 0 saturated carbocycles. The third-order valence-corrected chi connectivity index (χ3v) is 9.17. The summed E-state index contributed by atoms with van der Waals surface area (Å²) in [5.74, 6) is -0.0157. The summed E-state index contributed by atoms with van der Waals surface area (Å²) >= 11 is 5.95. The summed E-state index contributed by atoms with van der Waals surface area (Å²) in [6.45, 7) is 1.04. The maximum atomic E-state index is 14.8. The highest BCUT2D eigenvalue weighted by atomic mass is 35.5. The first-order valence-electron chi connectivity index (χ1n) is 10.5. The van der Waals surface area contributed by atoms with E-state index in [1.165, 1.54) is 10.7 Å². The smallest absolute Gasteiger partial charge is 0.274 e. The van der Waals surface area contributed by atoms with E-state index in [2.05, 4.69) is 15.1 Å². The summed E-state index contributed by atoms with van der Waals surface area (Å²) in [6.07, 6.45) is 3.82. The third kappa shape index (κ3) is 4.28. The molecule has 2 aromatic carbocycles. The molecule has 10 heteroatoms. The van der Waals surface area contributed by atoms with Gasteiger partial charge in [0.05, 0.1) is 18.1 Å². The number of fused-ring (bicyclic) bond motifs is 1. The molecule has 3 heterocycles. The van der Waals surface area contributed by atoms with Gasteiger partial charge in [-0.2, -0.15) is 5.10 Å². The minimum absolute atomic E-state index is 0.166. The van der Waals surface area contributed by atoms with Gasteiger partial charge in [0, 0.05) is 42.3 Å². The van der Waals surface area contributed by atoms with Crippen LogP contribution in [0, 0.1) is 5.82 Å². The van der Waals surface area contributed by atoms with Crippen molar-refractivity contribution in [3.63, 3.8) is 0 Å². The summed E-state index contributed by atoms with van der Waals surface area (Å²) < 4.78 is 29.9. The highest BCUT2D eigenvalue weighted by Crippen LogP contribution is 2.47. The first kappa shape index (κ1) is 21.7. The van der Waals surface area contributed by atoms with Crippen LogP contribution in [0.25, 0.3) is 10.8 Å². The van der Waals surface area contributed by atoms with Crippen molar-refractivity contribution in [2.24, 2.45) is 0 Å². The van der Waals surface area contributed by atoms with Gasteiger partial charge in [0.1, 0.15) is 18.1 Å². The van der Waals surface area contributed by atoms with Crippen LogP contribution in [0.3, 0.4) is 0 Å². The van der Waals surface area contributed by atoms with E-state index in [-0.39, 0.29) is 17.4 Å². The molecule has 1 aliphatic rings. The third-order valence-electron chi connectivity index (χ3n) is 5.90. The molecule has 0 spiro atoms. The molecule has 0 bridgehead atoms. The van der Waals surface area contributed by atoms with E-state index in [1.54, 1.807) is 42.7 Å². The van der Waals surface area contributed by atoms with Crippen molar-refractivity contribution in [2.75, 3.05) is 30.3 Å². The molecule has 0 aliphatic carbocycles. The number of anilines is 1. The number of hydrogen-bond donors (Lipinski definition) is 0. The molecule has 0 amide bonds. The fourth-order valence-electron chi connectivity index (χ4n) is 4.09. The molecule has 1 saturated heterocycles. The van der Waals surface area contributed by atoms with E-state index < -0.39 is 13.0 Å². The van der Waals surface area contributed by atoms with E-state index in [0.717, 1.165) is 5.39 Å². The topological polar surface area (TPSA) is 81.0 Å². The number of rotatable bonds is 4. The lowest BCUT2D eigenvalue weighted by molar-refractivity contribution is 0.570. The number of benzene rings is 2. The van der Waals surface area contributed by atoms with Gasteiger partial charge in [0.2, 0.25) is 5.95 Å². The van der Waals surface area contributed by atoms with E-state index in [0.29, 0.717) is 47.5 Å². The predicted molar refractivity (Wildman–Crippen MR) is 128 cm³/mol. The maximum absolute atomic E-state index is 14.8.